The zero-order valence-electron chi connectivity index (χ0n) is 12.8. The Hall–Kier alpha value is -1.22. The maximum absolute atomic E-state index is 5.40. The minimum absolute atomic E-state index is 0.695. The first-order valence-corrected chi connectivity index (χ1v) is 7.97. The van der Waals surface area contributed by atoms with Crippen molar-refractivity contribution in [1.82, 2.24) is 4.90 Å². The second-order valence-corrected chi connectivity index (χ2v) is 6.03. The van der Waals surface area contributed by atoms with Crippen LogP contribution in [-0.4, -0.2) is 44.2 Å². The number of piperazine rings is 1. The first kappa shape index (κ1) is 13.7. The van der Waals surface area contributed by atoms with Crippen LogP contribution in [0.5, 0.6) is 5.75 Å². The van der Waals surface area contributed by atoms with Gasteiger partial charge >= 0.3 is 0 Å². The summed E-state index contributed by atoms with van der Waals surface area (Å²) >= 11 is 0. The number of aryl methyl sites for hydroxylation is 1. The van der Waals surface area contributed by atoms with Gasteiger partial charge in [-0.2, -0.15) is 0 Å². The Bertz CT molecular complexity index is 460. The Morgan fingerprint density at radius 1 is 1.30 bits per heavy atom. The van der Waals surface area contributed by atoms with E-state index in [4.69, 9.17) is 4.74 Å². The molecule has 0 spiro atoms. The Labute approximate surface area is 122 Å². The Kier molecular flexibility index (Phi) is 4.16. The van der Waals surface area contributed by atoms with Gasteiger partial charge in [0.05, 0.1) is 7.11 Å². The highest BCUT2D eigenvalue weighted by Crippen LogP contribution is 2.35. The van der Waals surface area contributed by atoms with Crippen molar-refractivity contribution in [3.8, 4) is 5.75 Å². The number of unbranched alkanes of at least 4 members (excludes halogenated alkanes) is 1. The number of hydrogen-bond acceptors (Lipinski definition) is 3. The van der Waals surface area contributed by atoms with Gasteiger partial charge in [-0.05, 0) is 37.4 Å². The standard InChI is InChI=1S/C17H26N2O/c1-3-4-9-18-10-11-19-15(13-18)7-5-14-6-8-16(20-2)12-17(14)19/h6,8,12,15H,3-5,7,9-11,13H2,1-2H3. The molecule has 2 heterocycles. The highest BCUT2D eigenvalue weighted by molar-refractivity contribution is 5.60. The lowest BCUT2D eigenvalue weighted by Gasteiger charge is -2.46. The van der Waals surface area contributed by atoms with Crippen LogP contribution in [0.15, 0.2) is 18.2 Å². The summed E-state index contributed by atoms with van der Waals surface area (Å²) < 4.78 is 5.40. The molecular weight excluding hydrogens is 248 g/mol. The molecule has 20 heavy (non-hydrogen) atoms. The van der Waals surface area contributed by atoms with Crippen LogP contribution in [0, 0.1) is 0 Å². The van der Waals surface area contributed by atoms with Gasteiger partial charge in [-0.1, -0.05) is 19.4 Å². The number of ether oxygens (including phenoxy) is 1. The summed E-state index contributed by atoms with van der Waals surface area (Å²) in [5.41, 5.74) is 2.90. The third kappa shape index (κ3) is 2.64. The van der Waals surface area contributed by atoms with Crippen molar-refractivity contribution in [3.05, 3.63) is 23.8 Å². The number of rotatable bonds is 4. The molecule has 0 aliphatic carbocycles. The van der Waals surface area contributed by atoms with Crippen LogP contribution in [0.1, 0.15) is 31.7 Å². The zero-order valence-corrected chi connectivity index (χ0v) is 12.8. The molecular formula is C17H26N2O. The molecule has 3 rings (SSSR count). The number of fused-ring (bicyclic) bond motifs is 3. The molecule has 1 unspecified atom stereocenters. The SMILES string of the molecule is CCCCN1CCN2c3cc(OC)ccc3CCC2C1. The molecule has 1 fully saturated rings. The summed E-state index contributed by atoms with van der Waals surface area (Å²) in [5, 5.41) is 0. The summed E-state index contributed by atoms with van der Waals surface area (Å²) in [6.07, 6.45) is 5.13. The lowest BCUT2D eigenvalue weighted by atomic mass is 9.93. The Morgan fingerprint density at radius 3 is 3.00 bits per heavy atom. The van der Waals surface area contributed by atoms with E-state index in [-0.39, 0.29) is 0 Å². The molecule has 3 heteroatoms. The normalized spacial score (nSPS) is 22.3. The topological polar surface area (TPSA) is 15.7 Å². The average molecular weight is 274 g/mol. The molecule has 1 saturated heterocycles. The fourth-order valence-electron chi connectivity index (χ4n) is 3.54. The van der Waals surface area contributed by atoms with Crippen LogP contribution < -0.4 is 9.64 Å². The minimum Gasteiger partial charge on any atom is -0.497 e. The summed E-state index contributed by atoms with van der Waals surface area (Å²) in [5.74, 6) is 0.984. The van der Waals surface area contributed by atoms with E-state index < -0.39 is 0 Å². The number of methoxy groups -OCH3 is 1. The highest BCUT2D eigenvalue weighted by atomic mass is 16.5. The highest BCUT2D eigenvalue weighted by Gasteiger charge is 2.31. The fraction of sp³-hybridized carbons (Fsp3) is 0.647. The van der Waals surface area contributed by atoms with Crippen molar-refractivity contribution in [2.45, 2.75) is 38.6 Å². The number of anilines is 1. The molecule has 1 atom stereocenters. The summed E-state index contributed by atoms with van der Waals surface area (Å²) in [6, 6.07) is 7.26. The van der Waals surface area contributed by atoms with Gasteiger partial charge in [-0.25, -0.2) is 0 Å². The van der Waals surface area contributed by atoms with Crippen molar-refractivity contribution in [2.24, 2.45) is 0 Å². The largest absolute Gasteiger partial charge is 0.497 e. The van der Waals surface area contributed by atoms with Gasteiger partial charge < -0.3 is 9.64 Å². The van der Waals surface area contributed by atoms with Gasteiger partial charge in [-0.15, -0.1) is 0 Å². The van der Waals surface area contributed by atoms with Gasteiger partial charge in [0.1, 0.15) is 5.75 Å². The predicted molar refractivity (Wildman–Crippen MR) is 83.8 cm³/mol. The average Bonchev–Trinajstić information content (AvgIpc) is 2.51. The predicted octanol–water partition coefficient (Wildman–Crippen LogP) is 2.93. The number of hydrogen-bond donors (Lipinski definition) is 0. The lowest BCUT2D eigenvalue weighted by Crippen LogP contribution is -2.55. The van der Waals surface area contributed by atoms with Crippen LogP contribution in [0.25, 0.3) is 0 Å². The van der Waals surface area contributed by atoms with Crippen molar-refractivity contribution < 1.29 is 4.74 Å². The molecule has 0 N–H and O–H groups in total. The molecule has 3 nitrogen and oxygen atoms in total. The third-order valence-electron chi connectivity index (χ3n) is 4.74. The molecule has 1 aromatic carbocycles. The van der Waals surface area contributed by atoms with Crippen LogP contribution in [0.2, 0.25) is 0 Å². The van der Waals surface area contributed by atoms with E-state index in [1.54, 1.807) is 7.11 Å². The molecule has 0 bridgehead atoms. The van der Waals surface area contributed by atoms with Gasteiger partial charge in [0.25, 0.3) is 0 Å². The van der Waals surface area contributed by atoms with Gasteiger partial charge in [0.2, 0.25) is 0 Å². The van der Waals surface area contributed by atoms with Crippen molar-refractivity contribution in [3.63, 3.8) is 0 Å². The molecule has 0 amide bonds. The van der Waals surface area contributed by atoms with E-state index in [9.17, 15) is 0 Å². The smallest absolute Gasteiger partial charge is 0.120 e. The zero-order chi connectivity index (χ0) is 13.9. The maximum Gasteiger partial charge on any atom is 0.120 e. The molecule has 0 aromatic heterocycles. The van der Waals surface area contributed by atoms with Crippen LogP contribution in [0.3, 0.4) is 0 Å². The van der Waals surface area contributed by atoms with E-state index in [1.807, 2.05) is 0 Å². The Morgan fingerprint density at radius 2 is 2.20 bits per heavy atom. The molecule has 2 aliphatic heterocycles. The first-order valence-electron chi connectivity index (χ1n) is 7.97. The first-order chi connectivity index (χ1) is 9.81. The monoisotopic (exact) mass is 274 g/mol. The van der Waals surface area contributed by atoms with Gasteiger partial charge in [-0.3, -0.25) is 4.90 Å². The van der Waals surface area contributed by atoms with E-state index >= 15 is 0 Å². The van der Waals surface area contributed by atoms with Crippen molar-refractivity contribution in [1.29, 1.82) is 0 Å². The van der Waals surface area contributed by atoms with E-state index in [0.717, 1.165) is 12.3 Å². The summed E-state index contributed by atoms with van der Waals surface area (Å²) in [4.78, 5) is 5.26. The van der Waals surface area contributed by atoms with E-state index in [2.05, 4.69) is 34.9 Å². The summed E-state index contributed by atoms with van der Waals surface area (Å²) in [6.45, 7) is 7.14. The second-order valence-electron chi connectivity index (χ2n) is 6.03. The van der Waals surface area contributed by atoms with Crippen molar-refractivity contribution >= 4 is 5.69 Å². The maximum atomic E-state index is 5.40. The van der Waals surface area contributed by atoms with Crippen LogP contribution >= 0.6 is 0 Å². The van der Waals surface area contributed by atoms with E-state index in [1.165, 1.54) is 56.6 Å². The van der Waals surface area contributed by atoms with Crippen LogP contribution in [-0.2, 0) is 6.42 Å². The molecule has 0 radical (unpaired) electrons. The lowest BCUT2D eigenvalue weighted by molar-refractivity contribution is 0.211. The fourth-order valence-corrected chi connectivity index (χ4v) is 3.54. The quantitative estimate of drug-likeness (QED) is 0.839. The molecule has 1 aromatic rings. The molecule has 110 valence electrons. The summed E-state index contributed by atoms with van der Waals surface area (Å²) in [7, 11) is 1.75. The van der Waals surface area contributed by atoms with Gasteiger partial charge in [0, 0.05) is 37.4 Å². The molecule has 0 saturated carbocycles. The number of benzene rings is 1. The third-order valence-corrected chi connectivity index (χ3v) is 4.74. The van der Waals surface area contributed by atoms with E-state index in [0.29, 0.717) is 6.04 Å². The minimum atomic E-state index is 0.695. The van der Waals surface area contributed by atoms with Gasteiger partial charge in [0.15, 0.2) is 0 Å². The number of nitrogens with zero attached hydrogens (tertiary/aromatic N) is 2. The van der Waals surface area contributed by atoms with Crippen LogP contribution in [0.4, 0.5) is 5.69 Å². The second kappa shape index (κ2) is 6.04. The Balaban J connectivity index is 1.74. The molecule has 2 aliphatic rings. The van der Waals surface area contributed by atoms with Crippen molar-refractivity contribution in [2.75, 3.05) is 38.2 Å².